The van der Waals surface area contributed by atoms with E-state index >= 15 is 0 Å². The standard InChI is InChI=1S/C28H30Cl2N8O2S/c1-16-11-19(17(2)33-22-5-6-23(30)34-25(22)26(39)35-41-4)20-13-24(36(3)27(40)21(20)12-16)37-7-9-38(10-8-37)28-31-14-18(29)15-32-28/h5-6,11-15,17,33H,7-10H2,1-4H3,(H,35,39). The number of hydrogen-bond donors (Lipinski definition) is 2. The minimum atomic E-state index is -0.344. The molecule has 1 aromatic carbocycles. The van der Waals surface area contributed by atoms with E-state index in [9.17, 15) is 9.59 Å². The van der Waals surface area contributed by atoms with E-state index in [2.05, 4.69) is 46.9 Å². The van der Waals surface area contributed by atoms with Crippen molar-refractivity contribution in [1.29, 1.82) is 0 Å². The first-order chi connectivity index (χ1) is 19.7. The zero-order valence-electron chi connectivity index (χ0n) is 23.1. The van der Waals surface area contributed by atoms with Gasteiger partial charge >= 0.3 is 0 Å². The highest BCUT2D eigenvalue weighted by Gasteiger charge is 2.24. The number of nitrogens with zero attached hydrogens (tertiary/aromatic N) is 6. The van der Waals surface area contributed by atoms with Gasteiger partial charge in [0.25, 0.3) is 11.5 Å². The van der Waals surface area contributed by atoms with Crippen LogP contribution in [0.2, 0.25) is 10.2 Å². The summed E-state index contributed by atoms with van der Waals surface area (Å²) in [6.45, 7) is 6.78. The number of hydrogen-bond acceptors (Lipinski definition) is 9. The summed E-state index contributed by atoms with van der Waals surface area (Å²) in [6, 6.07) is 9.22. The zero-order valence-corrected chi connectivity index (χ0v) is 25.4. The third kappa shape index (κ3) is 6.07. The van der Waals surface area contributed by atoms with Crippen LogP contribution in [0, 0.1) is 6.92 Å². The quantitative estimate of drug-likeness (QED) is 0.224. The summed E-state index contributed by atoms with van der Waals surface area (Å²) in [5.41, 5.74) is 2.60. The first-order valence-corrected chi connectivity index (χ1v) is 15.0. The Balaban J connectivity index is 1.48. The van der Waals surface area contributed by atoms with E-state index in [4.69, 9.17) is 23.2 Å². The van der Waals surface area contributed by atoms with Crippen LogP contribution < -0.4 is 25.4 Å². The predicted molar refractivity (Wildman–Crippen MR) is 168 cm³/mol. The fraction of sp³-hybridized carbons (Fsp3) is 0.321. The minimum absolute atomic E-state index is 0.0636. The third-order valence-corrected chi connectivity index (χ3v) is 7.91. The molecule has 1 aliphatic heterocycles. The normalized spacial score (nSPS) is 14.3. The van der Waals surface area contributed by atoms with Gasteiger partial charge in [0, 0.05) is 50.9 Å². The number of benzene rings is 1. The molecule has 1 saturated heterocycles. The van der Waals surface area contributed by atoms with Crippen LogP contribution in [-0.4, -0.2) is 57.9 Å². The fourth-order valence-electron chi connectivity index (χ4n) is 5.12. The number of carbonyl (C=O) groups excluding carboxylic acids is 1. The Morgan fingerprint density at radius 2 is 1.71 bits per heavy atom. The van der Waals surface area contributed by atoms with Crippen molar-refractivity contribution in [2.24, 2.45) is 7.05 Å². The number of pyridine rings is 2. The molecule has 13 heteroatoms. The Morgan fingerprint density at radius 3 is 2.39 bits per heavy atom. The van der Waals surface area contributed by atoms with Crippen molar-refractivity contribution in [2.45, 2.75) is 19.9 Å². The summed E-state index contributed by atoms with van der Waals surface area (Å²) in [4.78, 5) is 43.6. The van der Waals surface area contributed by atoms with Gasteiger partial charge < -0.3 is 15.1 Å². The van der Waals surface area contributed by atoms with E-state index in [0.717, 1.165) is 22.3 Å². The molecule has 2 N–H and O–H groups in total. The molecule has 0 saturated carbocycles. The minimum Gasteiger partial charge on any atom is -0.377 e. The van der Waals surface area contributed by atoms with Crippen molar-refractivity contribution in [3.05, 3.63) is 80.1 Å². The molecule has 0 radical (unpaired) electrons. The van der Waals surface area contributed by atoms with E-state index in [1.54, 1.807) is 35.3 Å². The van der Waals surface area contributed by atoms with Crippen molar-refractivity contribution in [3.8, 4) is 0 Å². The van der Waals surface area contributed by atoms with Gasteiger partial charge in [-0.1, -0.05) is 41.2 Å². The number of piperazine rings is 1. The van der Waals surface area contributed by atoms with Gasteiger partial charge in [-0.05, 0) is 54.6 Å². The number of carbonyl (C=O) groups is 1. The highest BCUT2D eigenvalue weighted by Crippen LogP contribution is 2.31. The van der Waals surface area contributed by atoms with Gasteiger partial charge in [0.05, 0.1) is 23.1 Å². The van der Waals surface area contributed by atoms with Gasteiger partial charge in [0.2, 0.25) is 5.95 Å². The van der Waals surface area contributed by atoms with Crippen LogP contribution in [0.4, 0.5) is 17.5 Å². The molecule has 0 bridgehead atoms. The van der Waals surface area contributed by atoms with Crippen LogP contribution in [0.1, 0.15) is 34.6 Å². The van der Waals surface area contributed by atoms with Gasteiger partial charge in [-0.15, -0.1) is 0 Å². The predicted octanol–water partition coefficient (Wildman–Crippen LogP) is 4.85. The van der Waals surface area contributed by atoms with Crippen LogP contribution >= 0.6 is 35.1 Å². The molecular formula is C28H30Cl2N8O2S. The molecule has 1 atom stereocenters. The molecular weight excluding hydrogens is 583 g/mol. The second kappa shape index (κ2) is 12.1. The van der Waals surface area contributed by atoms with Crippen molar-refractivity contribution in [1.82, 2.24) is 24.2 Å². The van der Waals surface area contributed by atoms with E-state index in [0.29, 0.717) is 48.2 Å². The van der Waals surface area contributed by atoms with Crippen molar-refractivity contribution in [2.75, 3.05) is 47.6 Å². The Labute approximate surface area is 252 Å². The second-order valence-electron chi connectivity index (χ2n) is 9.89. The lowest BCUT2D eigenvalue weighted by Gasteiger charge is -2.36. The number of amides is 1. The SMILES string of the molecule is CSNC(=O)c1nc(Cl)ccc1NC(C)c1cc(C)cc2c(=O)n(C)c(N3CCN(c4ncc(Cl)cn4)CC3)cc12. The lowest BCUT2D eigenvalue weighted by atomic mass is 9.97. The lowest BCUT2D eigenvalue weighted by molar-refractivity contribution is 0.0980. The van der Waals surface area contributed by atoms with Crippen LogP contribution in [0.3, 0.4) is 0 Å². The molecule has 1 aliphatic rings. The fourth-order valence-corrected chi connectivity index (χ4v) is 5.64. The highest BCUT2D eigenvalue weighted by atomic mass is 35.5. The maximum absolute atomic E-state index is 13.6. The van der Waals surface area contributed by atoms with Gasteiger partial charge in [0.15, 0.2) is 5.69 Å². The second-order valence-corrected chi connectivity index (χ2v) is 11.3. The molecule has 41 heavy (non-hydrogen) atoms. The molecule has 0 aliphatic carbocycles. The molecule has 214 valence electrons. The number of anilines is 3. The highest BCUT2D eigenvalue weighted by molar-refractivity contribution is 7.97. The van der Waals surface area contributed by atoms with Crippen LogP contribution in [0.15, 0.2) is 47.5 Å². The van der Waals surface area contributed by atoms with E-state index in [1.165, 1.54) is 11.9 Å². The van der Waals surface area contributed by atoms with Crippen LogP contribution in [-0.2, 0) is 7.05 Å². The molecule has 1 unspecified atom stereocenters. The molecule has 0 spiro atoms. The maximum Gasteiger partial charge on any atom is 0.281 e. The van der Waals surface area contributed by atoms with Gasteiger partial charge in [-0.2, -0.15) is 0 Å². The number of aryl methyl sites for hydroxylation is 1. The number of nitrogens with one attached hydrogen (secondary N) is 2. The third-order valence-electron chi connectivity index (χ3n) is 7.11. The largest absolute Gasteiger partial charge is 0.377 e. The summed E-state index contributed by atoms with van der Waals surface area (Å²) >= 11 is 13.2. The Bertz CT molecular complexity index is 1660. The van der Waals surface area contributed by atoms with Gasteiger partial charge in [-0.25, -0.2) is 15.0 Å². The maximum atomic E-state index is 13.6. The number of halogens is 2. The molecule has 3 aromatic heterocycles. The molecule has 1 fully saturated rings. The van der Waals surface area contributed by atoms with E-state index < -0.39 is 0 Å². The number of fused-ring (bicyclic) bond motifs is 1. The Kier molecular flexibility index (Phi) is 8.58. The number of aromatic nitrogens is 4. The van der Waals surface area contributed by atoms with Crippen molar-refractivity contribution < 1.29 is 4.79 Å². The van der Waals surface area contributed by atoms with Crippen LogP contribution in [0.25, 0.3) is 10.8 Å². The molecule has 4 aromatic rings. The van der Waals surface area contributed by atoms with Crippen LogP contribution in [0.5, 0.6) is 0 Å². The Morgan fingerprint density at radius 1 is 1.02 bits per heavy atom. The van der Waals surface area contributed by atoms with Crippen molar-refractivity contribution in [3.63, 3.8) is 0 Å². The lowest BCUT2D eigenvalue weighted by Crippen LogP contribution is -2.48. The first-order valence-electron chi connectivity index (χ1n) is 13.0. The topological polar surface area (TPSA) is 108 Å². The molecule has 4 heterocycles. The summed E-state index contributed by atoms with van der Waals surface area (Å²) in [6.07, 6.45) is 4.96. The summed E-state index contributed by atoms with van der Waals surface area (Å²) in [5.74, 6) is 1.13. The van der Waals surface area contributed by atoms with E-state index in [1.807, 2.05) is 27.0 Å². The number of rotatable bonds is 7. The average molecular weight is 614 g/mol. The molecule has 5 rings (SSSR count). The Hall–Kier alpha value is -3.54. The molecule has 10 nitrogen and oxygen atoms in total. The van der Waals surface area contributed by atoms with Gasteiger partial charge in [-0.3, -0.25) is 18.9 Å². The molecule has 1 amide bonds. The van der Waals surface area contributed by atoms with E-state index in [-0.39, 0.29) is 28.4 Å². The average Bonchev–Trinajstić information content (AvgIpc) is 2.96. The summed E-state index contributed by atoms with van der Waals surface area (Å²) < 4.78 is 4.42. The van der Waals surface area contributed by atoms with Gasteiger partial charge in [0.1, 0.15) is 11.0 Å². The smallest absolute Gasteiger partial charge is 0.281 e. The summed E-state index contributed by atoms with van der Waals surface area (Å²) in [7, 11) is 1.81. The first kappa shape index (κ1) is 29.0. The summed E-state index contributed by atoms with van der Waals surface area (Å²) in [5, 5.41) is 5.66. The monoisotopic (exact) mass is 612 g/mol. The van der Waals surface area contributed by atoms with Crippen molar-refractivity contribution >= 4 is 69.3 Å². The zero-order chi connectivity index (χ0) is 29.3.